The van der Waals surface area contributed by atoms with E-state index in [-0.39, 0.29) is 11.3 Å². The molecular weight excluding hydrogens is 444 g/mol. The van der Waals surface area contributed by atoms with Crippen molar-refractivity contribution in [2.75, 3.05) is 6.61 Å². The molecule has 0 saturated heterocycles. The van der Waals surface area contributed by atoms with Crippen molar-refractivity contribution >= 4 is 5.78 Å². The second-order valence-corrected chi connectivity index (χ2v) is 13.2. The number of carbonyl (C=O) groups excluding carboxylic acids is 1. The molecule has 8 atom stereocenters. The van der Waals surface area contributed by atoms with Gasteiger partial charge in [0.25, 0.3) is 0 Å². The van der Waals surface area contributed by atoms with Crippen molar-refractivity contribution in [3.8, 4) is 0 Å². The van der Waals surface area contributed by atoms with E-state index in [0.717, 1.165) is 43.3 Å². The molecule has 4 saturated carbocycles. The number of hydrogen-bond donors (Lipinski definition) is 0. The molecule has 1 aromatic heterocycles. The molecule has 1 aromatic carbocycles. The summed E-state index contributed by atoms with van der Waals surface area (Å²) in [5, 5.41) is 0. The Morgan fingerprint density at radius 3 is 2.61 bits per heavy atom. The normalized spacial score (nSPS) is 39.7. The zero-order valence-electron chi connectivity index (χ0n) is 22.3. The smallest absolute Gasteiger partial charge is 0.156 e. The van der Waals surface area contributed by atoms with Gasteiger partial charge in [-0.1, -0.05) is 44.2 Å². The lowest BCUT2D eigenvalue weighted by Crippen LogP contribution is -2.54. The fraction of sp³-hybridized carbons (Fsp3) is 0.688. The number of fused-ring (bicyclic) bond motifs is 5. The van der Waals surface area contributed by atoms with Crippen LogP contribution >= 0.6 is 0 Å². The first kappa shape index (κ1) is 24.4. The largest absolute Gasteiger partial charge is 0.376 e. The number of Topliss-reactive ketones (excluding diaryl/α,β-unsaturated/α-hetero) is 1. The zero-order chi connectivity index (χ0) is 24.8. The highest BCUT2D eigenvalue weighted by molar-refractivity contribution is 5.82. The molecular formula is C32H44N2O2. The number of carbonyl (C=O) groups is 1. The van der Waals surface area contributed by atoms with Gasteiger partial charge in [-0.05, 0) is 104 Å². The quantitative estimate of drug-likeness (QED) is 0.424. The van der Waals surface area contributed by atoms with Gasteiger partial charge >= 0.3 is 0 Å². The predicted octanol–water partition coefficient (Wildman–Crippen LogP) is 6.94. The number of nitrogens with zero attached hydrogens (tertiary/aromatic N) is 2. The van der Waals surface area contributed by atoms with Crippen LogP contribution in [0, 0.1) is 46.3 Å². The number of hydrogen-bond acceptors (Lipinski definition) is 3. The summed E-state index contributed by atoms with van der Waals surface area (Å²) in [5.74, 6) is 4.64. The Bertz CT molecular complexity index is 1040. The maximum absolute atomic E-state index is 13.4. The van der Waals surface area contributed by atoms with Gasteiger partial charge in [-0.3, -0.25) is 4.79 Å². The van der Waals surface area contributed by atoms with E-state index in [1.54, 1.807) is 12.5 Å². The lowest BCUT2D eigenvalue weighted by atomic mass is 9.44. The van der Waals surface area contributed by atoms with Crippen LogP contribution in [-0.4, -0.2) is 21.9 Å². The van der Waals surface area contributed by atoms with Crippen LogP contribution in [0.1, 0.15) is 77.2 Å². The Morgan fingerprint density at radius 2 is 1.81 bits per heavy atom. The molecule has 0 spiro atoms. The first-order chi connectivity index (χ1) is 17.5. The topological polar surface area (TPSA) is 44.1 Å². The monoisotopic (exact) mass is 488 g/mol. The number of imidazole rings is 1. The molecule has 6 rings (SSSR count). The Hall–Kier alpha value is -1.94. The highest BCUT2D eigenvalue weighted by Gasteiger charge is 2.61. The minimum Gasteiger partial charge on any atom is -0.376 e. The highest BCUT2D eigenvalue weighted by atomic mass is 16.5. The lowest BCUT2D eigenvalue weighted by molar-refractivity contribution is -0.138. The third-order valence-electron chi connectivity index (χ3n) is 11.5. The average Bonchev–Trinajstić information content (AvgIpc) is 3.52. The molecule has 0 amide bonds. The summed E-state index contributed by atoms with van der Waals surface area (Å²) in [7, 11) is 0. The van der Waals surface area contributed by atoms with Crippen molar-refractivity contribution in [1.29, 1.82) is 0 Å². The van der Waals surface area contributed by atoms with Crippen LogP contribution in [0.5, 0.6) is 0 Å². The molecule has 4 aliphatic carbocycles. The highest BCUT2D eigenvalue weighted by Crippen LogP contribution is 2.67. The molecule has 4 heteroatoms. The fourth-order valence-corrected chi connectivity index (χ4v) is 9.62. The summed E-state index contributed by atoms with van der Waals surface area (Å²) in [4.78, 5) is 17.5. The van der Waals surface area contributed by atoms with Gasteiger partial charge in [0.2, 0.25) is 0 Å². The molecule has 0 aliphatic heterocycles. The molecule has 1 heterocycles. The third kappa shape index (κ3) is 4.27. The van der Waals surface area contributed by atoms with Crippen LogP contribution in [0.25, 0.3) is 0 Å². The van der Waals surface area contributed by atoms with Gasteiger partial charge in [-0.2, -0.15) is 0 Å². The predicted molar refractivity (Wildman–Crippen MR) is 142 cm³/mol. The number of ether oxygens (including phenoxy) is 1. The second kappa shape index (κ2) is 9.74. The maximum Gasteiger partial charge on any atom is 0.156 e. The van der Waals surface area contributed by atoms with Crippen molar-refractivity contribution in [3.05, 3.63) is 54.6 Å². The second-order valence-electron chi connectivity index (χ2n) is 13.2. The average molecular weight is 489 g/mol. The molecule has 4 aliphatic rings. The molecule has 0 bridgehead atoms. The van der Waals surface area contributed by atoms with Crippen molar-refractivity contribution in [2.24, 2.45) is 46.3 Å². The SMILES string of the molecule is C[C@]12CCC3C(CC[C@H]4C[C@@H](COCc5ccccc5)CC[C@]34C)C1CC[C@@H]2C(=O)Cn1ccnc1. The van der Waals surface area contributed by atoms with Gasteiger partial charge in [0, 0.05) is 24.9 Å². The van der Waals surface area contributed by atoms with E-state index < -0.39 is 0 Å². The van der Waals surface area contributed by atoms with Crippen LogP contribution in [0.4, 0.5) is 0 Å². The van der Waals surface area contributed by atoms with Gasteiger partial charge in [-0.15, -0.1) is 0 Å². The fourth-order valence-electron chi connectivity index (χ4n) is 9.62. The van der Waals surface area contributed by atoms with Crippen molar-refractivity contribution < 1.29 is 9.53 Å². The van der Waals surface area contributed by atoms with Gasteiger partial charge in [0.05, 0.1) is 19.5 Å². The van der Waals surface area contributed by atoms with Crippen LogP contribution in [-0.2, 0) is 22.7 Å². The van der Waals surface area contributed by atoms with Gasteiger partial charge < -0.3 is 9.30 Å². The number of aromatic nitrogens is 2. The number of benzene rings is 1. The van der Waals surface area contributed by atoms with Crippen molar-refractivity contribution in [1.82, 2.24) is 9.55 Å². The first-order valence-corrected chi connectivity index (χ1v) is 14.6. The molecule has 0 radical (unpaired) electrons. The molecule has 0 N–H and O–H groups in total. The van der Waals surface area contributed by atoms with E-state index in [1.165, 1.54) is 56.9 Å². The van der Waals surface area contributed by atoms with Gasteiger partial charge in [-0.25, -0.2) is 4.98 Å². The van der Waals surface area contributed by atoms with E-state index in [1.807, 2.05) is 10.8 Å². The van der Waals surface area contributed by atoms with E-state index in [9.17, 15) is 4.79 Å². The summed E-state index contributed by atoms with van der Waals surface area (Å²) >= 11 is 0. The van der Waals surface area contributed by atoms with Crippen LogP contribution < -0.4 is 0 Å². The molecule has 36 heavy (non-hydrogen) atoms. The summed E-state index contributed by atoms with van der Waals surface area (Å²) in [6, 6.07) is 10.6. The first-order valence-electron chi connectivity index (χ1n) is 14.6. The van der Waals surface area contributed by atoms with E-state index >= 15 is 0 Å². The third-order valence-corrected chi connectivity index (χ3v) is 11.5. The Labute approximate surface area is 217 Å². The van der Waals surface area contributed by atoms with Crippen molar-refractivity contribution in [2.45, 2.75) is 84.8 Å². The van der Waals surface area contributed by atoms with Gasteiger partial charge in [0.15, 0.2) is 5.78 Å². The Kier molecular flexibility index (Phi) is 6.60. The Morgan fingerprint density at radius 1 is 1.00 bits per heavy atom. The summed E-state index contributed by atoms with van der Waals surface area (Å²) in [6.07, 6.45) is 17.2. The number of ketones is 1. The summed E-state index contributed by atoms with van der Waals surface area (Å²) in [5.41, 5.74) is 1.96. The molecule has 4 nitrogen and oxygen atoms in total. The van der Waals surface area contributed by atoms with Gasteiger partial charge in [0.1, 0.15) is 0 Å². The zero-order valence-corrected chi connectivity index (χ0v) is 22.3. The van der Waals surface area contributed by atoms with Crippen LogP contribution in [0.15, 0.2) is 49.1 Å². The van der Waals surface area contributed by atoms with Crippen LogP contribution in [0.2, 0.25) is 0 Å². The molecule has 194 valence electrons. The lowest BCUT2D eigenvalue weighted by Gasteiger charge is -2.61. The van der Waals surface area contributed by atoms with E-state index in [0.29, 0.717) is 23.7 Å². The van der Waals surface area contributed by atoms with E-state index in [4.69, 9.17) is 4.74 Å². The number of rotatable bonds is 7. The van der Waals surface area contributed by atoms with Crippen LogP contribution in [0.3, 0.4) is 0 Å². The molecule has 3 unspecified atom stereocenters. The standard InChI is InChI=1S/C32H44N2O2/c1-31-14-12-24(21-36-20-23-6-4-3-5-7-23)18-25(31)8-9-26-27-10-11-29(32(27,2)15-13-28(26)31)30(35)19-34-17-16-33-22-34/h3-7,16-17,22,24-29H,8-15,18-21H2,1-2H3/t24-,25-,26?,27?,28?,29+,31-,32-/m0/s1. The maximum atomic E-state index is 13.4. The summed E-state index contributed by atoms with van der Waals surface area (Å²) < 4.78 is 8.14. The minimum absolute atomic E-state index is 0.199. The summed E-state index contributed by atoms with van der Waals surface area (Å²) in [6.45, 7) is 7.28. The molecule has 2 aromatic rings. The minimum atomic E-state index is 0.199. The Balaban J connectivity index is 1.08. The molecule has 4 fully saturated rings. The van der Waals surface area contributed by atoms with Crippen molar-refractivity contribution in [3.63, 3.8) is 0 Å². The van der Waals surface area contributed by atoms with E-state index in [2.05, 4.69) is 49.2 Å².